The van der Waals surface area contributed by atoms with Gasteiger partial charge in [0.2, 0.25) is 0 Å². The third-order valence-corrected chi connectivity index (χ3v) is 12.2. The number of fused-ring (bicyclic) bond motifs is 3. The van der Waals surface area contributed by atoms with Crippen LogP contribution in [-0.4, -0.2) is 9.67 Å². The van der Waals surface area contributed by atoms with Crippen LogP contribution in [0.4, 0.5) is 0 Å². The molecule has 0 amide bonds. The average Bonchev–Trinajstić information content (AvgIpc) is 3.47. The summed E-state index contributed by atoms with van der Waals surface area (Å²) >= 11 is 0. The summed E-state index contributed by atoms with van der Waals surface area (Å²) in [6.45, 7) is 16.7. The molecular weight excluding hydrogens is 607 g/mol. The molecule has 0 saturated heterocycles. The first-order valence-corrected chi connectivity index (χ1v) is 19.1. The summed E-state index contributed by atoms with van der Waals surface area (Å²) in [7, 11) is 0. The van der Waals surface area contributed by atoms with E-state index < -0.39 is 6.10 Å². The maximum absolute atomic E-state index is 11.2. The number of aliphatic hydroxyl groups excluding tert-OH is 1. The summed E-state index contributed by atoms with van der Waals surface area (Å²) in [6, 6.07) is 44.2. The molecule has 5 aromatic carbocycles. The van der Waals surface area contributed by atoms with Gasteiger partial charge in [-0.1, -0.05) is 153 Å². The van der Waals surface area contributed by atoms with Crippen molar-refractivity contribution in [3.05, 3.63) is 149 Å². The molecule has 0 aliphatic rings. The smallest absolute Gasteiger partial charge is 0.104 e. The van der Waals surface area contributed by atoms with Crippen LogP contribution in [0, 0.1) is 11.3 Å². The molecule has 4 atom stereocenters. The van der Waals surface area contributed by atoms with Crippen molar-refractivity contribution in [3.8, 4) is 5.69 Å². The van der Waals surface area contributed by atoms with Gasteiger partial charge in [0.15, 0.2) is 0 Å². The van der Waals surface area contributed by atoms with Crippen molar-refractivity contribution in [1.29, 1.82) is 0 Å². The van der Waals surface area contributed by atoms with Gasteiger partial charge in [0.1, 0.15) is 6.10 Å². The van der Waals surface area contributed by atoms with E-state index in [0.717, 1.165) is 23.2 Å². The highest BCUT2D eigenvalue weighted by atomic mass is 16.3. The standard InChI is InChI=1S/C48H57NO/c1-8-11-31-48(7,34(4)5)45(35-18-14-12-15-19-35)38-24-28-43-41(32-38)42-33-39(47(6,10-3)30-9-2)25-29-44(42)49(43)40-26-22-37(23-27-40)46(50)36-20-16-13-17-21-36/h12-29,32-34,45-46,50H,8-11,30-31H2,1-7H3. The van der Waals surface area contributed by atoms with Crippen LogP contribution >= 0.6 is 0 Å². The lowest BCUT2D eigenvalue weighted by Gasteiger charge is -2.42. The van der Waals surface area contributed by atoms with Gasteiger partial charge in [-0.15, -0.1) is 0 Å². The van der Waals surface area contributed by atoms with Gasteiger partial charge < -0.3 is 9.67 Å². The van der Waals surface area contributed by atoms with Gasteiger partial charge in [-0.25, -0.2) is 0 Å². The van der Waals surface area contributed by atoms with E-state index in [9.17, 15) is 5.11 Å². The molecule has 1 heterocycles. The Morgan fingerprint density at radius 1 is 0.600 bits per heavy atom. The Morgan fingerprint density at radius 2 is 1.16 bits per heavy atom. The second-order valence-electron chi connectivity index (χ2n) is 15.5. The third-order valence-electron chi connectivity index (χ3n) is 12.2. The van der Waals surface area contributed by atoms with E-state index in [1.54, 1.807) is 0 Å². The van der Waals surface area contributed by atoms with Crippen LogP contribution in [0.2, 0.25) is 0 Å². The van der Waals surface area contributed by atoms with Crippen LogP contribution in [0.15, 0.2) is 121 Å². The molecule has 0 aliphatic carbocycles. The van der Waals surface area contributed by atoms with Crippen molar-refractivity contribution < 1.29 is 5.11 Å². The third kappa shape index (κ3) is 6.68. The Labute approximate surface area is 301 Å². The molecule has 0 spiro atoms. The van der Waals surface area contributed by atoms with Crippen molar-refractivity contribution in [2.24, 2.45) is 11.3 Å². The first-order chi connectivity index (χ1) is 24.1. The Kier molecular flexibility index (Phi) is 10.7. The number of aromatic nitrogens is 1. The monoisotopic (exact) mass is 663 g/mol. The van der Waals surface area contributed by atoms with Crippen molar-refractivity contribution in [1.82, 2.24) is 4.57 Å². The minimum absolute atomic E-state index is 0.103. The van der Waals surface area contributed by atoms with E-state index >= 15 is 0 Å². The van der Waals surface area contributed by atoms with Gasteiger partial charge in [0.25, 0.3) is 0 Å². The van der Waals surface area contributed by atoms with Crippen molar-refractivity contribution in [2.75, 3.05) is 0 Å². The van der Waals surface area contributed by atoms with Gasteiger partial charge in [-0.3, -0.25) is 0 Å². The van der Waals surface area contributed by atoms with Gasteiger partial charge >= 0.3 is 0 Å². The van der Waals surface area contributed by atoms with E-state index in [1.165, 1.54) is 70.6 Å². The van der Waals surface area contributed by atoms with Crippen molar-refractivity contribution in [3.63, 3.8) is 0 Å². The molecule has 6 aromatic rings. The van der Waals surface area contributed by atoms with Crippen LogP contribution in [0.5, 0.6) is 0 Å². The predicted molar refractivity (Wildman–Crippen MR) is 215 cm³/mol. The highest BCUT2D eigenvalue weighted by Gasteiger charge is 2.39. The number of benzene rings is 5. The maximum atomic E-state index is 11.2. The first kappa shape index (κ1) is 35.7. The molecule has 0 radical (unpaired) electrons. The summed E-state index contributed by atoms with van der Waals surface area (Å²) in [6.07, 6.45) is 6.42. The SMILES string of the molecule is CCCCC(C)(C(C)C)C(c1ccccc1)c1ccc2c(c1)c1cc(C(C)(CC)CCC)ccc1n2-c1ccc(C(O)c2ccccc2)cc1. The zero-order valence-corrected chi connectivity index (χ0v) is 31.4. The Balaban J connectivity index is 1.57. The second kappa shape index (κ2) is 15.0. The molecule has 260 valence electrons. The van der Waals surface area contributed by atoms with Gasteiger partial charge in [-0.2, -0.15) is 0 Å². The van der Waals surface area contributed by atoms with Crippen LogP contribution < -0.4 is 0 Å². The van der Waals surface area contributed by atoms with Crippen LogP contribution in [0.3, 0.4) is 0 Å². The van der Waals surface area contributed by atoms with E-state index in [-0.39, 0.29) is 16.7 Å². The quantitative estimate of drug-likeness (QED) is 0.123. The van der Waals surface area contributed by atoms with Crippen LogP contribution in [0.1, 0.15) is 127 Å². The van der Waals surface area contributed by atoms with Gasteiger partial charge in [0.05, 0.1) is 11.0 Å². The summed E-state index contributed by atoms with van der Waals surface area (Å²) in [5.41, 5.74) is 9.81. The number of rotatable bonds is 14. The minimum Gasteiger partial charge on any atom is -0.384 e. The van der Waals surface area contributed by atoms with Gasteiger partial charge in [0, 0.05) is 22.4 Å². The van der Waals surface area contributed by atoms with Crippen molar-refractivity contribution >= 4 is 21.8 Å². The predicted octanol–water partition coefficient (Wildman–Crippen LogP) is 13.3. The number of hydrogen-bond acceptors (Lipinski definition) is 1. The molecule has 0 aliphatic heterocycles. The number of aliphatic hydroxyl groups is 1. The van der Waals surface area contributed by atoms with Crippen LogP contribution in [-0.2, 0) is 5.41 Å². The molecule has 0 fully saturated rings. The van der Waals surface area contributed by atoms with E-state index in [4.69, 9.17) is 0 Å². The highest BCUT2D eigenvalue weighted by molar-refractivity contribution is 6.10. The fourth-order valence-corrected chi connectivity index (χ4v) is 8.51. The summed E-state index contributed by atoms with van der Waals surface area (Å²) in [5.74, 6) is 0.799. The number of hydrogen-bond donors (Lipinski definition) is 1. The molecule has 0 saturated carbocycles. The molecule has 1 N–H and O–H groups in total. The fraction of sp³-hybridized carbons (Fsp3) is 0.375. The molecule has 4 unspecified atom stereocenters. The summed E-state index contributed by atoms with van der Waals surface area (Å²) in [5, 5.41) is 13.8. The lowest BCUT2D eigenvalue weighted by Crippen LogP contribution is -2.32. The molecule has 0 bridgehead atoms. The molecule has 6 rings (SSSR count). The lowest BCUT2D eigenvalue weighted by molar-refractivity contribution is 0.164. The largest absolute Gasteiger partial charge is 0.384 e. The fourth-order valence-electron chi connectivity index (χ4n) is 8.51. The van der Waals surface area contributed by atoms with Crippen molar-refractivity contribution in [2.45, 2.75) is 104 Å². The molecular formula is C48H57NO. The number of unbranched alkanes of at least 4 members (excludes halogenated alkanes) is 1. The topological polar surface area (TPSA) is 25.2 Å². The first-order valence-electron chi connectivity index (χ1n) is 19.1. The molecule has 50 heavy (non-hydrogen) atoms. The highest BCUT2D eigenvalue weighted by Crippen LogP contribution is 2.50. The Bertz CT molecular complexity index is 2010. The van der Waals surface area contributed by atoms with E-state index in [2.05, 4.69) is 144 Å². The Morgan fingerprint density at radius 3 is 1.74 bits per heavy atom. The molecule has 2 nitrogen and oxygen atoms in total. The summed E-state index contributed by atoms with van der Waals surface area (Å²) in [4.78, 5) is 0. The van der Waals surface area contributed by atoms with Gasteiger partial charge in [-0.05, 0) is 100 Å². The molecule has 2 heteroatoms. The summed E-state index contributed by atoms with van der Waals surface area (Å²) < 4.78 is 2.43. The van der Waals surface area contributed by atoms with Crippen LogP contribution in [0.25, 0.3) is 27.5 Å². The van der Waals surface area contributed by atoms with E-state index in [0.29, 0.717) is 5.92 Å². The maximum Gasteiger partial charge on any atom is 0.104 e. The zero-order chi connectivity index (χ0) is 35.5. The lowest BCUT2D eigenvalue weighted by atomic mass is 9.62. The second-order valence-corrected chi connectivity index (χ2v) is 15.5. The Hall–Kier alpha value is -4.14. The molecule has 1 aromatic heterocycles. The zero-order valence-electron chi connectivity index (χ0n) is 31.4. The normalized spacial score (nSPS) is 15.6. The average molecular weight is 664 g/mol. The van der Waals surface area contributed by atoms with E-state index in [1.807, 2.05) is 30.3 Å². The minimum atomic E-state index is -0.656. The number of nitrogens with zero attached hydrogens (tertiary/aromatic N) is 1.